The first-order valence-electron chi connectivity index (χ1n) is 6.65. The molecule has 0 spiro atoms. The van der Waals surface area contributed by atoms with Crippen LogP contribution in [0.1, 0.15) is 31.0 Å². The predicted molar refractivity (Wildman–Crippen MR) is 80.2 cm³/mol. The number of anilines is 1. The standard InChI is InChI=1S/C16H19N3O/c1-12(15-7-9-17-10-8-15)18-11-14-3-5-16(6-4-14)19-13(2)20/h3-10,12,18H,11H2,1-2H3,(H,19,20)/t12-/m1/s1. The lowest BCUT2D eigenvalue weighted by Gasteiger charge is -2.14. The van der Waals surface area contributed by atoms with Gasteiger partial charge < -0.3 is 10.6 Å². The van der Waals surface area contributed by atoms with Crippen molar-refractivity contribution in [2.45, 2.75) is 26.4 Å². The summed E-state index contributed by atoms with van der Waals surface area (Å²) in [6.07, 6.45) is 3.60. The zero-order valence-corrected chi connectivity index (χ0v) is 11.8. The van der Waals surface area contributed by atoms with Crippen molar-refractivity contribution in [1.29, 1.82) is 0 Å². The van der Waals surface area contributed by atoms with Gasteiger partial charge in [0.05, 0.1) is 0 Å². The fourth-order valence-electron chi connectivity index (χ4n) is 1.95. The Kier molecular flexibility index (Phi) is 4.85. The lowest BCUT2D eigenvalue weighted by atomic mass is 10.1. The number of carbonyl (C=O) groups is 1. The minimum absolute atomic E-state index is 0.0535. The summed E-state index contributed by atoms with van der Waals surface area (Å²) in [6.45, 7) is 4.41. The average Bonchev–Trinajstić information content (AvgIpc) is 2.46. The van der Waals surface area contributed by atoms with Crippen molar-refractivity contribution >= 4 is 11.6 Å². The number of rotatable bonds is 5. The highest BCUT2D eigenvalue weighted by atomic mass is 16.1. The van der Waals surface area contributed by atoms with Crippen LogP contribution in [0.5, 0.6) is 0 Å². The van der Waals surface area contributed by atoms with Crippen molar-refractivity contribution in [3.63, 3.8) is 0 Å². The van der Waals surface area contributed by atoms with Crippen LogP contribution in [0.25, 0.3) is 0 Å². The molecule has 0 unspecified atom stereocenters. The van der Waals surface area contributed by atoms with Crippen LogP contribution in [0, 0.1) is 0 Å². The molecule has 0 fully saturated rings. The van der Waals surface area contributed by atoms with Crippen molar-refractivity contribution in [1.82, 2.24) is 10.3 Å². The maximum Gasteiger partial charge on any atom is 0.221 e. The molecule has 0 saturated heterocycles. The molecule has 2 rings (SSSR count). The van der Waals surface area contributed by atoms with Crippen LogP contribution in [0.3, 0.4) is 0 Å². The zero-order valence-electron chi connectivity index (χ0n) is 11.8. The minimum Gasteiger partial charge on any atom is -0.326 e. The van der Waals surface area contributed by atoms with Gasteiger partial charge in [0, 0.05) is 37.6 Å². The molecule has 4 heteroatoms. The molecular formula is C16H19N3O. The molecule has 0 aliphatic heterocycles. The highest BCUT2D eigenvalue weighted by molar-refractivity contribution is 5.88. The Morgan fingerprint density at radius 1 is 1.15 bits per heavy atom. The molecule has 0 aliphatic carbocycles. The van der Waals surface area contributed by atoms with E-state index in [1.54, 1.807) is 12.4 Å². The average molecular weight is 269 g/mol. The number of benzene rings is 1. The third kappa shape index (κ3) is 4.17. The molecule has 0 saturated carbocycles. The van der Waals surface area contributed by atoms with Crippen LogP contribution in [-0.4, -0.2) is 10.9 Å². The van der Waals surface area contributed by atoms with Gasteiger partial charge in [-0.15, -0.1) is 0 Å². The maximum absolute atomic E-state index is 10.9. The number of amides is 1. The normalized spacial score (nSPS) is 11.9. The van der Waals surface area contributed by atoms with Crippen molar-refractivity contribution in [3.05, 3.63) is 59.9 Å². The Morgan fingerprint density at radius 3 is 2.40 bits per heavy atom. The third-order valence-electron chi connectivity index (χ3n) is 3.09. The summed E-state index contributed by atoms with van der Waals surface area (Å²) in [5.74, 6) is -0.0535. The Hall–Kier alpha value is -2.20. The summed E-state index contributed by atoms with van der Waals surface area (Å²) in [4.78, 5) is 15.0. The molecule has 0 bridgehead atoms. The SMILES string of the molecule is CC(=O)Nc1ccc(CN[C@H](C)c2ccncc2)cc1. The second-order valence-electron chi connectivity index (χ2n) is 4.76. The van der Waals surface area contributed by atoms with Crippen LogP contribution in [0.2, 0.25) is 0 Å². The fourth-order valence-corrected chi connectivity index (χ4v) is 1.95. The molecular weight excluding hydrogens is 250 g/mol. The van der Waals surface area contributed by atoms with E-state index < -0.39 is 0 Å². The van der Waals surface area contributed by atoms with E-state index in [4.69, 9.17) is 0 Å². The molecule has 0 aliphatic rings. The van der Waals surface area contributed by atoms with Gasteiger partial charge in [-0.2, -0.15) is 0 Å². The summed E-state index contributed by atoms with van der Waals surface area (Å²) in [5, 5.41) is 6.22. The van der Waals surface area contributed by atoms with Gasteiger partial charge in [0.2, 0.25) is 5.91 Å². The van der Waals surface area contributed by atoms with Crippen LogP contribution < -0.4 is 10.6 Å². The summed E-state index contributed by atoms with van der Waals surface area (Å²) in [7, 11) is 0. The molecule has 1 heterocycles. The van der Waals surface area contributed by atoms with E-state index in [9.17, 15) is 4.79 Å². The number of nitrogens with one attached hydrogen (secondary N) is 2. The number of hydrogen-bond acceptors (Lipinski definition) is 3. The summed E-state index contributed by atoms with van der Waals surface area (Å²) >= 11 is 0. The van der Waals surface area contributed by atoms with Gasteiger partial charge in [0.15, 0.2) is 0 Å². The third-order valence-corrected chi connectivity index (χ3v) is 3.09. The summed E-state index contributed by atoms with van der Waals surface area (Å²) in [5.41, 5.74) is 3.22. The van der Waals surface area contributed by atoms with Crippen LogP contribution in [0.15, 0.2) is 48.8 Å². The van der Waals surface area contributed by atoms with Gasteiger partial charge in [-0.3, -0.25) is 9.78 Å². The second-order valence-corrected chi connectivity index (χ2v) is 4.76. The van der Waals surface area contributed by atoms with E-state index in [0.29, 0.717) is 0 Å². The molecule has 1 amide bonds. The van der Waals surface area contributed by atoms with E-state index in [0.717, 1.165) is 12.2 Å². The number of aromatic nitrogens is 1. The molecule has 0 radical (unpaired) electrons. The van der Waals surface area contributed by atoms with Gasteiger partial charge >= 0.3 is 0 Å². The molecule has 20 heavy (non-hydrogen) atoms. The summed E-state index contributed by atoms with van der Waals surface area (Å²) < 4.78 is 0. The van der Waals surface area contributed by atoms with Gasteiger partial charge in [0.1, 0.15) is 0 Å². The maximum atomic E-state index is 10.9. The molecule has 104 valence electrons. The molecule has 1 aromatic heterocycles. The summed E-state index contributed by atoms with van der Waals surface area (Å²) in [6, 6.07) is 12.1. The monoisotopic (exact) mass is 269 g/mol. The van der Waals surface area contributed by atoms with Crippen LogP contribution in [-0.2, 0) is 11.3 Å². The Balaban J connectivity index is 1.89. The lowest BCUT2D eigenvalue weighted by Crippen LogP contribution is -2.18. The number of nitrogens with zero attached hydrogens (tertiary/aromatic N) is 1. The van der Waals surface area contributed by atoms with Gasteiger partial charge in [0.25, 0.3) is 0 Å². The van der Waals surface area contributed by atoms with E-state index in [2.05, 4.69) is 22.5 Å². The highest BCUT2D eigenvalue weighted by Gasteiger charge is 2.04. The lowest BCUT2D eigenvalue weighted by molar-refractivity contribution is -0.114. The quantitative estimate of drug-likeness (QED) is 0.877. The van der Waals surface area contributed by atoms with E-state index in [-0.39, 0.29) is 11.9 Å². The van der Waals surface area contributed by atoms with Crippen LogP contribution in [0.4, 0.5) is 5.69 Å². The van der Waals surface area contributed by atoms with Crippen molar-refractivity contribution in [2.75, 3.05) is 5.32 Å². The first-order chi connectivity index (χ1) is 9.65. The van der Waals surface area contributed by atoms with Gasteiger partial charge in [-0.1, -0.05) is 12.1 Å². The topological polar surface area (TPSA) is 54.0 Å². The number of carbonyl (C=O) groups excluding carboxylic acids is 1. The number of pyridine rings is 1. The minimum atomic E-state index is -0.0535. The van der Waals surface area contributed by atoms with Crippen molar-refractivity contribution in [3.8, 4) is 0 Å². The molecule has 2 aromatic rings. The highest BCUT2D eigenvalue weighted by Crippen LogP contribution is 2.13. The van der Waals surface area contributed by atoms with E-state index in [1.165, 1.54) is 18.1 Å². The Morgan fingerprint density at radius 2 is 1.80 bits per heavy atom. The number of hydrogen-bond donors (Lipinski definition) is 2. The van der Waals surface area contributed by atoms with Gasteiger partial charge in [-0.25, -0.2) is 0 Å². The van der Waals surface area contributed by atoms with Crippen molar-refractivity contribution in [2.24, 2.45) is 0 Å². The Bertz CT molecular complexity index is 552. The predicted octanol–water partition coefficient (Wildman–Crippen LogP) is 2.89. The van der Waals surface area contributed by atoms with E-state index >= 15 is 0 Å². The van der Waals surface area contributed by atoms with Crippen molar-refractivity contribution < 1.29 is 4.79 Å². The fraction of sp³-hybridized carbons (Fsp3) is 0.250. The smallest absolute Gasteiger partial charge is 0.221 e. The largest absolute Gasteiger partial charge is 0.326 e. The van der Waals surface area contributed by atoms with E-state index in [1.807, 2.05) is 36.4 Å². The van der Waals surface area contributed by atoms with Gasteiger partial charge in [-0.05, 0) is 42.3 Å². The zero-order chi connectivity index (χ0) is 14.4. The first kappa shape index (κ1) is 14.2. The first-order valence-corrected chi connectivity index (χ1v) is 6.65. The molecule has 2 N–H and O–H groups in total. The molecule has 4 nitrogen and oxygen atoms in total. The van der Waals surface area contributed by atoms with Crippen LogP contribution >= 0.6 is 0 Å². The molecule has 1 atom stereocenters. The second kappa shape index (κ2) is 6.82. The Labute approximate surface area is 119 Å². The molecule has 1 aromatic carbocycles.